The van der Waals surface area contributed by atoms with E-state index in [2.05, 4.69) is 20.7 Å². The fraction of sp³-hybridized carbons (Fsp3) is 0.471. The monoisotopic (exact) mass is 329 g/mol. The van der Waals surface area contributed by atoms with E-state index in [1.807, 2.05) is 23.0 Å². The second-order valence-electron chi connectivity index (χ2n) is 6.17. The van der Waals surface area contributed by atoms with Crippen LogP contribution < -0.4 is 10.6 Å². The second-order valence-corrected chi connectivity index (χ2v) is 6.17. The van der Waals surface area contributed by atoms with Crippen LogP contribution in [-0.2, 0) is 13.0 Å². The molecule has 0 atom stereocenters. The Bertz CT molecular complexity index is 650. The first kappa shape index (κ1) is 16.4. The van der Waals surface area contributed by atoms with Gasteiger partial charge in [0.15, 0.2) is 5.82 Å². The molecule has 2 heterocycles. The van der Waals surface area contributed by atoms with Crippen LogP contribution in [0.1, 0.15) is 31.2 Å². The summed E-state index contributed by atoms with van der Waals surface area (Å²) in [6.07, 6.45) is 9.17. The SMILES string of the molecule is O=C(Nc1ccn(CCc2ccncc2)n1)NC1CCC(O)CC1. The lowest BCUT2D eigenvalue weighted by Gasteiger charge is -2.25. The number of aryl methyl sites for hydroxylation is 2. The molecule has 3 N–H and O–H groups in total. The van der Waals surface area contributed by atoms with Crippen LogP contribution in [0.4, 0.5) is 10.6 Å². The van der Waals surface area contributed by atoms with Crippen molar-refractivity contribution in [3.05, 3.63) is 42.4 Å². The van der Waals surface area contributed by atoms with Crippen LogP contribution in [-0.4, -0.2) is 38.0 Å². The summed E-state index contributed by atoms with van der Waals surface area (Å²) in [5, 5.41) is 19.5. The zero-order valence-corrected chi connectivity index (χ0v) is 13.6. The number of hydrogen-bond donors (Lipinski definition) is 3. The van der Waals surface area contributed by atoms with E-state index >= 15 is 0 Å². The number of aliphatic hydroxyl groups is 1. The van der Waals surface area contributed by atoms with Gasteiger partial charge in [0.2, 0.25) is 0 Å². The Labute approximate surface area is 141 Å². The zero-order valence-electron chi connectivity index (χ0n) is 13.6. The number of urea groups is 1. The van der Waals surface area contributed by atoms with Gasteiger partial charge in [-0.15, -0.1) is 0 Å². The summed E-state index contributed by atoms with van der Waals surface area (Å²) in [7, 11) is 0. The number of hydrogen-bond acceptors (Lipinski definition) is 4. The van der Waals surface area contributed by atoms with Gasteiger partial charge in [-0.1, -0.05) is 0 Å². The van der Waals surface area contributed by atoms with Crippen LogP contribution in [0.5, 0.6) is 0 Å². The van der Waals surface area contributed by atoms with Gasteiger partial charge < -0.3 is 10.4 Å². The molecule has 0 aromatic carbocycles. The maximum atomic E-state index is 12.0. The minimum absolute atomic E-state index is 0.127. The highest BCUT2D eigenvalue weighted by Gasteiger charge is 2.20. The lowest BCUT2D eigenvalue weighted by molar-refractivity contribution is 0.118. The number of carbonyl (C=O) groups is 1. The molecule has 7 heteroatoms. The van der Waals surface area contributed by atoms with Gasteiger partial charge in [0.25, 0.3) is 0 Å². The Hall–Kier alpha value is -2.41. The lowest BCUT2D eigenvalue weighted by Crippen LogP contribution is -2.40. The Morgan fingerprint density at radius 1 is 1.21 bits per heavy atom. The molecule has 0 saturated heterocycles. The van der Waals surface area contributed by atoms with Crippen molar-refractivity contribution < 1.29 is 9.90 Å². The van der Waals surface area contributed by atoms with Crippen molar-refractivity contribution in [1.29, 1.82) is 0 Å². The predicted octanol–water partition coefficient (Wildman–Crippen LogP) is 1.95. The van der Waals surface area contributed by atoms with Crippen molar-refractivity contribution in [3.8, 4) is 0 Å². The predicted molar refractivity (Wildman–Crippen MR) is 90.6 cm³/mol. The van der Waals surface area contributed by atoms with Crippen molar-refractivity contribution in [2.45, 2.75) is 50.8 Å². The molecule has 2 amide bonds. The number of amides is 2. The van der Waals surface area contributed by atoms with Crippen LogP contribution in [0.2, 0.25) is 0 Å². The summed E-state index contributed by atoms with van der Waals surface area (Å²) >= 11 is 0. The summed E-state index contributed by atoms with van der Waals surface area (Å²) in [6, 6.07) is 5.64. The van der Waals surface area contributed by atoms with E-state index in [0.717, 1.165) is 38.6 Å². The number of anilines is 1. The molecule has 1 aliphatic carbocycles. The van der Waals surface area contributed by atoms with E-state index in [4.69, 9.17) is 0 Å². The molecule has 0 aliphatic heterocycles. The van der Waals surface area contributed by atoms with Crippen LogP contribution in [0.15, 0.2) is 36.8 Å². The fourth-order valence-electron chi connectivity index (χ4n) is 2.90. The highest BCUT2D eigenvalue weighted by molar-refractivity contribution is 5.88. The Morgan fingerprint density at radius 3 is 2.71 bits per heavy atom. The average molecular weight is 329 g/mol. The molecule has 0 spiro atoms. The molecule has 2 aromatic rings. The maximum Gasteiger partial charge on any atom is 0.320 e. The van der Waals surface area contributed by atoms with Gasteiger partial charge >= 0.3 is 6.03 Å². The summed E-state index contributed by atoms with van der Waals surface area (Å²) in [4.78, 5) is 16.0. The molecule has 7 nitrogen and oxygen atoms in total. The third kappa shape index (κ3) is 4.79. The molecule has 0 bridgehead atoms. The van der Waals surface area contributed by atoms with Crippen LogP contribution in [0.25, 0.3) is 0 Å². The standard InChI is InChI=1S/C17H23N5O2/c23-15-3-1-14(2-4-15)19-17(24)20-16-8-12-22(21-16)11-7-13-5-9-18-10-6-13/h5-6,8-10,12,14-15,23H,1-4,7,11H2,(H2,19,20,21,24). The number of nitrogens with one attached hydrogen (secondary N) is 2. The molecule has 1 saturated carbocycles. The minimum atomic E-state index is -0.240. The molecule has 24 heavy (non-hydrogen) atoms. The number of aliphatic hydroxyl groups excluding tert-OH is 1. The van der Waals surface area contributed by atoms with Crippen LogP contribution in [0.3, 0.4) is 0 Å². The molecule has 128 valence electrons. The number of carbonyl (C=O) groups excluding carboxylic acids is 1. The lowest BCUT2D eigenvalue weighted by atomic mass is 9.93. The number of nitrogens with zero attached hydrogens (tertiary/aromatic N) is 3. The summed E-state index contributed by atoms with van der Waals surface area (Å²) < 4.78 is 1.81. The van der Waals surface area contributed by atoms with Gasteiger partial charge in [0, 0.05) is 37.2 Å². The molecule has 1 aliphatic rings. The van der Waals surface area contributed by atoms with Crippen molar-refractivity contribution >= 4 is 11.8 Å². The van der Waals surface area contributed by atoms with E-state index in [9.17, 15) is 9.90 Å². The van der Waals surface area contributed by atoms with Gasteiger partial charge in [-0.05, 0) is 49.8 Å². The van der Waals surface area contributed by atoms with Gasteiger partial charge in [0.05, 0.1) is 6.10 Å². The molecule has 0 radical (unpaired) electrons. The molecule has 2 aromatic heterocycles. The second kappa shape index (κ2) is 7.92. The Morgan fingerprint density at radius 2 is 1.96 bits per heavy atom. The first-order chi connectivity index (χ1) is 11.7. The first-order valence-corrected chi connectivity index (χ1v) is 8.37. The van der Waals surface area contributed by atoms with Gasteiger partial charge in [-0.3, -0.25) is 15.0 Å². The van der Waals surface area contributed by atoms with E-state index in [-0.39, 0.29) is 18.2 Å². The largest absolute Gasteiger partial charge is 0.393 e. The third-order valence-corrected chi connectivity index (χ3v) is 4.29. The van der Waals surface area contributed by atoms with Gasteiger partial charge in [-0.25, -0.2) is 4.79 Å². The zero-order chi connectivity index (χ0) is 16.8. The normalized spacial score (nSPS) is 20.5. The molecule has 1 fully saturated rings. The molecular formula is C17H23N5O2. The topological polar surface area (TPSA) is 92.1 Å². The minimum Gasteiger partial charge on any atom is -0.393 e. The van der Waals surface area contributed by atoms with Gasteiger partial charge in [0.1, 0.15) is 0 Å². The molecule has 3 rings (SSSR count). The quantitative estimate of drug-likeness (QED) is 0.782. The number of rotatable bonds is 5. The van der Waals surface area contributed by atoms with E-state index in [0.29, 0.717) is 5.82 Å². The maximum absolute atomic E-state index is 12.0. The van der Waals surface area contributed by atoms with Crippen molar-refractivity contribution in [1.82, 2.24) is 20.1 Å². The van der Waals surface area contributed by atoms with E-state index in [1.54, 1.807) is 18.5 Å². The van der Waals surface area contributed by atoms with Crippen molar-refractivity contribution in [2.24, 2.45) is 0 Å². The average Bonchev–Trinajstić information content (AvgIpc) is 3.03. The molecule has 0 unspecified atom stereocenters. The third-order valence-electron chi connectivity index (χ3n) is 4.29. The smallest absolute Gasteiger partial charge is 0.320 e. The van der Waals surface area contributed by atoms with Crippen molar-refractivity contribution in [2.75, 3.05) is 5.32 Å². The first-order valence-electron chi connectivity index (χ1n) is 8.37. The van der Waals surface area contributed by atoms with Crippen LogP contribution in [0, 0.1) is 0 Å². The highest BCUT2D eigenvalue weighted by Crippen LogP contribution is 2.18. The van der Waals surface area contributed by atoms with E-state index in [1.165, 1.54) is 5.56 Å². The number of pyridine rings is 1. The fourth-order valence-corrected chi connectivity index (χ4v) is 2.90. The highest BCUT2D eigenvalue weighted by atomic mass is 16.3. The van der Waals surface area contributed by atoms with Gasteiger partial charge in [-0.2, -0.15) is 5.10 Å². The Balaban J connectivity index is 1.44. The summed E-state index contributed by atoms with van der Waals surface area (Å²) in [5.41, 5.74) is 1.20. The summed E-state index contributed by atoms with van der Waals surface area (Å²) in [5.74, 6) is 0.540. The van der Waals surface area contributed by atoms with E-state index < -0.39 is 0 Å². The van der Waals surface area contributed by atoms with Crippen LogP contribution >= 0.6 is 0 Å². The molecular weight excluding hydrogens is 306 g/mol. The summed E-state index contributed by atoms with van der Waals surface area (Å²) in [6.45, 7) is 0.744. The Kier molecular flexibility index (Phi) is 5.43. The van der Waals surface area contributed by atoms with Crippen molar-refractivity contribution in [3.63, 3.8) is 0 Å². The number of aromatic nitrogens is 3.